The van der Waals surface area contributed by atoms with Crippen molar-refractivity contribution in [1.29, 1.82) is 0 Å². The standard InChI is InChI=1S/C19H21N3O2S/c1-23-17-6-3-2-5-16(17)22-10-8-21(9-11-22)13-15-14-25-19(20-15)18-7-4-12-24-18/h2-7,12,14H,8-11,13H2,1H3. The second kappa shape index (κ2) is 7.29. The molecule has 0 amide bonds. The molecule has 3 aromatic rings. The van der Waals surface area contributed by atoms with Gasteiger partial charge in [-0.3, -0.25) is 4.90 Å². The minimum atomic E-state index is 0.845. The molecule has 5 nitrogen and oxygen atoms in total. The molecule has 0 spiro atoms. The number of ether oxygens (including phenoxy) is 1. The number of nitrogens with zero attached hydrogens (tertiary/aromatic N) is 3. The van der Waals surface area contributed by atoms with Crippen LogP contribution in [0.4, 0.5) is 5.69 Å². The maximum atomic E-state index is 5.49. The molecule has 0 bridgehead atoms. The minimum absolute atomic E-state index is 0.845. The summed E-state index contributed by atoms with van der Waals surface area (Å²) in [5.41, 5.74) is 2.29. The highest BCUT2D eigenvalue weighted by Crippen LogP contribution is 2.29. The summed E-state index contributed by atoms with van der Waals surface area (Å²) in [6.45, 7) is 4.92. The molecule has 0 N–H and O–H groups in total. The Labute approximate surface area is 151 Å². The highest BCUT2D eigenvalue weighted by atomic mass is 32.1. The van der Waals surface area contributed by atoms with Crippen LogP contribution in [0.25, 0.3) is 10.8 Å². The van der Waals surface area contributed by atoms with Gasteiger partial charge in [-0.05, 0) is 24.3 Å². The lowest BCUT2D eigenvalue weighted by Crippen LogP contribution is -2.46. The van der Waals surface area contributed by atoms with E-state index >= 15 is 0 Å². The molecule has 1 aliphatic heterocycles. The first kappa shape index (κ1) is 16.2. The Morgan fingerprint density at radius 3 is 2.72 bits per heavy atom. The number of benzene rings is 1. The number of anilines is 1. The van der Waals surface area contributed by atoms with E-state index in [4.69, 9.17) is 14.1 Å². The lowest BCUT2D eigenvalue weighted by atomic mass is 10.2. The lowest BCUT2D eigenvalue weighted by molar-refractivity contribution is 0.247. The molecule has 1 fully saturated rings. The molecule has 130 valence electrons. The Morgan fingerprint density at radius 1 is 1.12 bits per heavy atom. The van der Waals surface area contributed by atoms with Gasteiger partial charge in [-0.15, -0.1) is 11.3 Å². The Balaban J connectivity index is 1.36. The van der Waals surface area contributed by atoms with Crippen LogP contribution in [-0.2, 0) is 6.54 Å². The number of thiazole rings is 1. The van der Waals surface area contributed by atoms with E-state index in [1.54, 1.807) is 24.7 Å². The molecular weight excluding hydrogens is 334 g/mol. The molecule has 0 atom stereocenters. The van der Waals surface area contributed by atoms with E-state index in [-0.39, 0.29) is 0 Å². The van der Waals surface area contributed by atoms with Gasteiger partial charge in [-0.1, -0.05) is 12.1 Å². The first-order valence-electron chi connectivity index (χ1n) is 8.42. The molecule has 3 heterocycles. The van der Waals surface area contributed by atoms with E-state index in [1.165, 1.54) is 5.69 Å². The second-order valence-electron chi connectivity index (χ2n) is 6.06. The third-order valence-electron chi connectivity index (χ3n) is 4.47. The van der Waals surface area contributed by atoms with Crippen LogP contribution in [0.2, 0.25) is 0 Å². The van der Waals surface area contributed by atoms with Crippen LogP contribution in [0.1, 0.15) is 5.69 Å². The molecule has 0 radical (unpaired) electrons. The van der Waals surface area contributed by atoms with E-state index < -0.39 is 0 Å². The monoisotopic (exact) mass is 355 g/mol. The normalized spacial score (nSPS) is 15.5. The van der Waals surface area contributed by atoms with Crippen LogP contribution < -0.4 is 9.64 Å². The Bertz CT molecular complexity index is 808. The number of rotatable bonds is 5. The summed E-state index contributed by atoms with van der Waals surface area (Å²) in [7, 11) is 1.73. The van der Waals surface area contributed by atoms with Crippen molar-refractivity contribution in [3.8, 4) is 16.5 Å². The van der Waals surface area contributed by atoms with Gasteiger partial charge in [0, 0.05) is 38.1 Å². The summed E-state index contributed by atoms with van der Waals surface area (Å²) in [4.78, 5) is 9.55. The molecule has 1 saturated heterocycles. The SMILES string of the molecule is COc1ccccc1N1CCN(Cc2csc(-c3ccco3)n2)CC1. The Morgan fingerprint density at radius 2 is 1.96 bits per heavy atom. The fraction of sp³-hybridized carbons (Fsp3) is 0.316. The summed E-state index contributed by atoms with van der Waals surface area (Å²) in [5, 5.41) is 3.08. The average Bonchev–Trinajstić information content (AvgIpc) is 3.34. The van der Waals surface area contributed by atoms with Crippen molar-refractivity contribution in [1.82, 2.24) is 9.88 Å². The highest BCUT2D eigenvalue weighted by Gasteiger charge is 2.20. The van der Waals surface area contributed by atoms with Crippen LogP contribution >= 0.6 is 11.3 Å². The van der Waals surface area contributed by atoms with E-state index in [0.29, 0.717) is 0 Å². The fourth-order valence-electron chi connectivity index (χ4n) is 3.16. The fourth-order valence-corrected chi connectivity index (χ4v) is 3.94. The second-order valence-corrected chi connectivity index (χ2v) is 6.91. The minimum Gasteiger partial charge on any atom is -0.495 e. The van der Waals surface area contributed by atoms with Crippen molar-refractivity contribution in [2.24, 2.45) is 0 Å². The maximum Gasteiger partial charge on any atom is 0.162 e. The predicted octanol–water partition coefficient (Wildman–Crippen LogP) is 3.73. The Kier molecular flexibility index (Phi) is 4.72. The molecule has 4 rings (SSSR count). The average molecular weight is 355 g/mol. The van der Waals surface area contributed by atoms with E-state index in [1.807, 2.05) is 24.3 Å². The van der Waals surface area contributed by atoms with Crippen molar-refractivity contribution in [2.45, 2.75) is 6.54 Å². The lowest BCUT2D eigenvalue weighted by Gasteiger charge is -2.36. The third kappa shape index (κ3) is 3.55. The predicted molar refractivity (Wildman–Crippen MR) is 100 cm³/mol. The van der Waals surface area contributed by atoms with Crippen molar-refractivity contribution >= 4 is 17.0 Å². The van der Waals surface area contributed by atoms with Gasteiger partial charge in [0.05, 0.1) is 24.8 Å². The number of piperazine rings is 1. The summed E-state index contributed by atoms with van der Waals surface area (Å²) < 4.78 is 10.9. The zero-order valence-corrected chi connectivity index (χ0v) is 15.0. The van der Waals surface area contributed by atoms with Gasteiger partial charge in [0.25, 0.3) is 0 Å². The zero-order valence-electron chi connectivity index (χ0n) is 14.2. The van der Waals surface area contributed by atoms with Gasteiger partial charge in [0.2, 0.25) is 0 Å². The molecule has 1 aromatic carbocycles. The third-order valence-corrected chi connectivity index (χ3v) is 5.37. The summed E-state index contributed by atoms with van der Waals surface area (Å²) in [6, 6.07) is 12.1. The number of para-hydroxylation sites is 2. The van der Waals surface area contributed by atoms with E-state index in [0.717, 1.165) is 54.9 Å². The molecule has 1 aliphatic rings. The first-order valence-corrected chi connectivity index (χ1v) is 9.30. The molecule has 25 heavy (non-hydrogen) atoms. The van der Waals surface area contributed by atoms with Crippen LogP contribution in [0.5, 0.6) is 5.75 Å². The smallest absolute Gasteiger partial charge is 0.162 e. The number of hydrogen-bond acceptors (Lipinski definition) is 6. The molecule has 0 saturated carbocycles. The molecule has 0 unspecified atom stereocenters. The maximum absolute atomic E-state index is 5.49. The van der Waals surface area contributed by atoms with E-state index in [9.17, 15) is 0 Å². The van der Waals surface area contributed by atoms with Crippen molar-refractivity contribution in [3.05, 3.63) is 53.7 Å². The van der Waals surface area contributed by atoms with Crippen molar-refractivity contribution in [3.63, 3.8) is 0 Å². The van der Waals surface area contributed by atoms with Gasteiger partial charge in [0.1, 0.15) is 5.75 Å². The van der Waals surface area contributed by atoms with Gasteiger partial charge in [-0.2, -0.15) is 0 Å². The summed E-state index contributed by atoms with van der Waals surface area (Å²) >= 11 is 1.64. The molecule has 2 aromatic heterocycles. The highest BCUT2D eigenvalue weighted by molar-refractivity contribution is 7.13. The van der Waals surface area contributed by atoms with Gasteiger partial charge < -0.3 is 14.1 Å². The quantitative estimate of drug-likeness (QED) is 0.697. The first-order chi connectivity index (χ1) is 12.3. The zero-order chi connectivity index (χ0) is 17.1. The van der Waals surface area contributed by atoms with Crippen LogP contribution in [0.3, 0.4) is 0 Å². The van der Waals surface area contributed by atoms with Gasteiger partial charge in [-0.25, -0.2) is 4.98 Å². The number of hydrogen-bond donors (Lipinski definition) is 0. The van der Waals surface area contributed by atoms with Crippen molar-refractivity contribution < 1.29 is 9.15 Å². The van der Waals surface area contributed by atoms with Crippen LogP contribution in [0.15, 0.2) is 52.5 Å². The topological polar surface area (TPSA) is 41.7 Å². The summed E-state index contributed by atoms with van der Waals surface area (Å²) in [5.74, 6) is 1.79. The van der Waals surface area contributed by atoms with Gasteiger partial charge in [0.15, 0.2) is 10.8 Å². The van der Waals surface area contributed by atoms with Crippen LogP contribution in [0, 0.1) is 0 Å². The summed E-state index contributed by atoms with van der Waals surface area (Å²) in [6.07, 6.45) is 1.69. The molecule has 0 aliphatic carbocycles. The molecule has 6 heteroatoms. The Hall–Kier alpha value is -2.31. The van der Waals surface area contributed by atoms with E-state index in [2.05, 4.69) is 27.3 Å². The van der Waals surface area contributed by atoms with Crippen molar-refractivity contribution in [2.75, 3.05) is 38.2 Å². The largest absolute Gasteiger partial charge is 0.495 e. The number of methoxy groups -OCH3 is 1. The van der Waals surface area contributed by atoms with Crippen LogP contribution in [-0.4, -0.2) is 43.2 Å². The number of aromatic nitrogens is 1. The van der Waals surface area contributed by atoms with Gasteiger partial charge >= 0.3 is 0 Å². The number of furan rings is 1. The molecular formula is C19H21N3O2S.